The second kappa shape index (κ2) is 10.3. The van der Waals surface area contributed by atoms with Crippen molar-refractivity contribution in [1.29, 1.82) is 0 Å². The molecule has 0 aliphatic rings. The van der Waals surface area contributed by atoms with Gasteiger partial charge in [-0.25, -0.2) is 9.97 Å². The number of carbonyl (C=O) groups is 2. The first-order valence-corrected chi connectivity index (χ1v) is 12.6. The lowest BCUT2D eigenvalue weighted by molar-refractivity contribution is -0.160. The minimum Gasteiger partial charge on any atom is -0.450 e. The number of carbonyl (C=O) groups excluding carboxylic acids is 2. The number of anilines is 3. The summed E-state index contributed by atoms with van der Waals surface area (Å²) in [5.74, 6) is -0.973. The number of amides is 1. The second-order valence-corrected chi connectivity index (χ2v) is 10.7. The number of fused-ring (bicyclic) bond motifs is 1. The van der Waals surface area contributed by atoms with Crippen molar-refractivity contribution in [2.24, 2.45) is 0 Å². The molecule has 0 unspecified atom stereocenters. The molecule has 0 radical (unpaired) electrons. The van der Waals surface area contributed by atoms with E-state index in [0.29, 0.717) is 5.02 Å². The molecule has 37 heavy (non-hydrogen) atoms. The van der Waals surface area contributed by atoms with Gasteiger partial charge >= 0.3 is 5.97 Å². The van der Waals surface area contributed by atoms with Gasteiger partial charge in [-0.3, -0.25) is 19.0 Å². The predicted octanol–water partition coefficient (Wildman–Crippen LogP) is 5.20. The molecular weight excluding hydrogens is 514 g/mol. The topological polar surface area (TPSA) is 115 Å². The van der Waals surface area contributed by atoms with Crippen LogP contribution >= 0.6 is 22.9 Å². The Morgan fingerprint density at radius 1 is 1.16 bits per heavy atom. The fourth-order valence-electron chi connectivity index (χ4n) is 3.74. The first-order valence-electron chi connectivity index (χ1n) is 11.4. The standard InChI is InChI=1S/C26H26ClN5O4S/c1-14-10-17(6-8-19(14)27)13-32-23(34)21(31-24(35)26(4,5)36-16(3)33)12-28-25(32)30-18-7-9-20-22(11-18)37-15(2)29-20/h6-12H,13H2,1-5H3,(H,28,30)(H,31,35). The van der Waals surface area contributed by atoms with E-state index in [1.807, 2.05) is 44.2 Å². The summed E-state index contributed by atoms with van der Waals surface area (Å²) in [6.45, 7) is 8.10. The third-order valence-corrected chi connectivity index (χ3v) is 6.91. The molecule has 192 valence electrons. The number of hydrogen-bond acceptors (Lipinski definition) is 8. The van der Waals surface area contributed by atoms with Crippen LogP contribution in [0.5, 0.6) is 0 Å². The summed E-state index contributed by atoms with van der Waals surface area (Å²) in [5, 5.41) is 7.35. The van der Waals surface area contributed by atoms with Crippen LogP contribution in [0.15, 0.2) is 47.4 Å². The van der Waals surface area contributed by atoms with Crippen LogP contribution in [0.2, 0.25) is 5.02 Å². The number of halogens is 1. The molecule has 2 aromatic heterocycles. The summed E-state index contributed by atoms with van der Waals surface area (Å²) >= 11 is 7.75. The molecule has 2 N–H and O–H groups in total. The van der Waals surface area contributed by atoms with Gasteiger partial charge in [0, 0.05) is 17.6 Å². The van der Waals surface area contributed by atoms with E-state index < -0.39 is 23.0 Å². The van der Waals surface area contributed by atoms with Crippen molar-refractivity contribution in [3.8, 4) is 0 Å². The maximum absolute atomic E-state index is 13.6. The number of benzene rings is 2. The average molecular weight is 540 g/mol. The summed E-state index contributed by atoms with van der Waals surface area (Å²) in [4.78, 5) is 46.7. The molecule has 0 bridgehead atoms. The summed E-state index contributed by atoms with van der Waals surface area (Å²) in [6, 6.07) is 11.2. The van der Waals surface area contributed by atoms with Gasteiger partial charge in [0.1, 0.15) is 5.69 Å². The van der Waals surface area contributed by atoms with Gasteiger partial charge in [0.15, 0.2) is 5.60 Å². The van der Waals surface area contributed by atoms with E-state index in [1.165, 1.54) is 31.5 Å². The summed E-state index contributed by atoms with van der Waals surface area (Å²) in [6.07, 6.45) is 1.28. The first-order chi connectivity index (χ1) is 17.4. The molecule has 0 atom stereocenters. The molecule has 1 amide bonds. The molecular formula is C26H26ClN5O4S. The Kier molecular flexibility index (Phi) is 7.33. The Bertz CT molecular complexity index is 1580. The van der Waals surface area contributed by atoms with Crippen molar-refractivity contribution in [2.45, 2.75) is 46.8 Å². The lowest BCUT2D eigenvalue weighted by Gasteiger charge is -2.23. The van der Waals surface area contributed by atoms with Crippen LogP contribution in [0, 0.1) is 13.8 Å². The van der Waals surface area contributed by atoms with Crippen LogP contribution in [0.4, 0.5) is 17.3 Å². The van der Waals surface area contributed by atoms with Crippen molar-refractivity contribution < 1.29 is 14.3 Å². The highest BCUT2D eigenvalue weighted by Crippen LogP contribution is 2.26. The van der Waals surface area contributed by atoms with E-state index in [4.69, 9.17) is 16.3 Å². The van der Waals surface area contributed by atoms with Crippen molar-refractivity contribution >= 4 is 62.4 Å². The summed E-state index contributed by atoms with van der Waals surface area (Å²) in [7, 11) is 0. The molecule has 4 aromatic rings. The van der Waals surface area contributed by atoms with Crippen molar-refractivity contribution in [2.75, 3.05) is 10.6 Å². The highest BCUT2D eigenvalue weighted by atomic mass is 35.5. The maximum atomic E-state index is 13.6. The predicted molar refractivity (Wildman–Crippen MR) is 146 cm³/mol. The molecule has 0 aliphatic carbocycles. The molecule has 0 spiro atoms. The maximum Gasteiger partial charge on any atom is 0.303 e. The Hall–Kier alpha value is -3.76. The zero-order valence-corrected chi connectivity index (χ0v) is 22.6. The van der Waals surface area contributed by atoms with Gasteiger partial charge in [0.25, 0.3) is 11.5 Å². The Morgan fingerprint density at radius 3 is 2.62 bits per heavy atom. The molecule has 11 heteroatoms. The number of aromatic nitrogens is 3. The number of esters is 1. The van der Waals surface area contributed by atoms with Crippen LogP contribution in [0.3, 0.4) is 0 Å². The fraction of sp³-hybridized carbons (Fsp3) is 0.269. The van der Waals surface area contributed by atoms with Crippen LogP contribution in [0.25, 0.3) is 10.2 Å². The highest BCUT2D eigenvalue weighted by molar-refractivity contribution is 7.18. The lowest BCUT2D eigenvalue weighted by atomic mass is 10.1. The molecule has 2 aromatic carbocycles. The van der Waals surface area contributed by atoms with Crippen molar-refractivity contribution in [3.63, 3.8) is 0 Å². The van der Waals surface area contributed by atoms with E-state index >= 15 is 0 Å². The number of rotatable bonds is 7. The number of aryl methyl sites for hydroxylation is 2. The molecule has 0 saturated heterocycles. The smallest absolute Gasteiger partial charge is 0.303 e. The SMILES string of the molecule is CC(=O)OC(C)(C)C(=O)Nc1cnc(Nc2ccc3nc(C)sc3c2)n(Cc2ccc(Cl)c(C)c2)c1=O. The molecule has 9 nitrogen and oxygen atoms in total. The normalized spacial score (nSPS) is 11.4. The van der Waals surface area contributed by atoms with Crippen molar-refractivity contribution in [1.82, 2.24) is 14.5 Å². The van der Waals surface area contributed by atoms with Gasteiger partial charge < -0.3 is 15.4 Å². The Morgan fingerprint density at radius 2 is 1.92 bits per heavy atom. The van der Waals surface area contributed by atoms with Gasteiger partial charge in [-0.1, -0.05) is 23.7 Å². The van der Waals surface area contributed by atoms with Gasteiger partial charge in [-0.15, -0.1) is 11.3 Å². The minimum atomic E-state index is -1.48. The van der Waals surface area contributed by atoms with Gasteiger partial charge in [0.05, 0.1) is 28.0 Å². The fourth-order valence-corrected chi connectivity index (χ4v) is 4.72. The largest absolute Gasteiger partial charge is 0.450 e. The molecule has 0 aliphatic heterocycles. The Labute approximate surface area is 222 Å². The number of nitrogens with one attached hydrogen (secondary N) is 2. The van der Waals surface area contributed by atoms with Gasteiger partial charge in [0.2, 0.25) is 5.95 Å². The zero-order valence-electron chi connectivity index (χ0n) is 21.0. The van der Waals surface area contributed by atoms with Crippen LogP contribution < -0.4 is 16.2 Å². The summed E-state index contributed by atoms with van der Waals surface area (Å²) < 4.78 is 7.52. The monoisotopic (exact) mass is 539 g/mol. The second-order valence-electron chi connectivity index (χ2n) is 9.07. The minimum absolute atomic E-state index is 0.0463. The quantitative estimate of drug-likeness (QED) is 0.310. The molecule has 4 rings (SSSR count). The number of ether oxygens (including phenoxy) is 1. The van der Waals surface area contributed by atoms with E-state index in [9.17, 15) is 14.4 Å². The molecule has 0 fully saturated rings. The summed E-state index contributed by atoms with van der Waals surface area (Å²) in [5.41, 5.74) is 1.32. The van der Waals surface area contributed by atoms with E-state index in [-0.39, 0.29) is 18.2 Å². The van der Waals surface area contributed by atoms with Gasteiger partial charge in [-0.05, 0) is 63.1 Å². The number of thiazole rings is 1. The molecule has 2 heterocycles. The number of hydrogen-bond donors (Lipinski definition) is 2. The van der Waals surface area contributed by atoms with Crippen LogP contribution in [-0.2, 0) is 20.9 Å². The lowest BCUT2D eigenvalue weighted by Crippen LogP contribution is -2.42. The first kappa shape index (κ1) is 26.3. The third-order valence-electron chi connectivity index (χ3n) is 5.56. The van der Waals surface area contributed by atoms with E-state index in [2.05, 4.69) is 20.6 Å². The average Bonchev–Trinajstić information content (AvgIpc) is 3.18. The molecule has 0 saturated carbocycles. The van der Waals surface area contributed by atoms with Gasteiger partial charge in [-0.2, -0.15) is 0 Å². The third kappa shape index (κ3) is 5.98. The highest BCUT2D eigenvalue weighted by Gasteiger charge is 2.32. The van der Waals surface area contributed by atoms with Crippen molar-refractivity contribution in [3.05, 3.63) is 74.1 Å². The van der Waals surface area contributed by atoms with Crippen LogP contribution in [0.1, 0.15) is 36.9 Å². The number of nitrogens with zero attached hydrogens (tertiary/aromatic N) is 3. The zero-order chi connectivity index (χ0) is 26.9. The van der Waals surface area contributed by atoms with Crippen LogP contribution in [-0.4, -0.2) is 32.0 Å². The van der Waals surface area contributed by atoms with E-state index in [1.54, 1.807) is 17.4 Å². The Balaban J connectivity index is 1.73. The van der Waals surface area contributed by atoms with E-state index in [0.717, 1.165) is 32.0 Å².